The van der Waals surface area contributed by atoms with Gasteiger partial charge in [-0.3, -0.25) is 10.1 Å². The Morgan fingerprint density at radius 2 is 2.29 bits per heavy atom. The van der Waals surface area contributed by atoms with E-state index in [9.17, 15) is 10.1 Å². The van der Waals surface area contributed by atoms with Crippen LogP contribution in [0.3, 0.4) is 0 Å². The van der Waals surface area contributed by atoms with E-state index in [1.165, 1.54) is 6.07 Å². The van der Waals surface area contributed by atoms with Gasteiger partial charge in [-0.15, -0.1) is 0 Å². The molecule has 0 aromatic heterocycles. The molecule has 0 aliphatic heterocycles. The summed E-state index contributed by atoms with van der Waals surface area (Å²) in [6, 6.07) is 4.71. The van der Waals surface area contributed by atoms with Gasteiger partial charge in [-0.1, -0.05) is 0 Å². The maximum Gasteiger partial charge on any atom is 0.406 e. The lowest BCUT2D eigenvalue weighted by atomic mass is 9.88. The van der Waals surface area contributed by atoms with Gasteiger partial charge in [0, 0.05) is 11.8 Å². The van der Waals surface area contributed by atoms with Crippen LogP contribution in [0.25, 0.3) is 0 Å². The van der Waals surface area contributed by atoms with Crippen LogP contribution in [0.2, 0.25) is 6.82 Å². The van der Waals surface area contributed by atoms with E-state index >= 15 is 0 Å². The lowest BCUT2D eigenvalue weighted by Gasteiger charge is -2.05. The fourth-order valence-electron chi connectivity index (χ4n) is 0.984. The maximum atomic E-state index is 10.6. The molecule has 0 saturated heterocycles. The standard InChI is InChI=1S/C7H8BIN2O3/c1-8(12)10-5-2-3-6(9)7(4-5)11(13)14/h2-4,10,12H,1H3. The molecule has 0 fully saturated rings. The van der Waals surface area contributed by atoms with Crippen LogP contribution in [0.4, 0.5) is 11.4 Å². The van der Waals surface area contributed by atoms with E-state index < -0.39 is 12.0 Å². The number of hydrogen-bond donors (Lipinski definition) is 2. The second-order valence-electron chi connectivity index (χ2n) is 2.74. The smallest absolute Gasteiger partial charge is 0.406 e. The summed E-state index contributed by atoms with van der Waals surface area (Å²) in [5.41, 5.74) is 0.573. The highest BCUT2D eigenvalue weighted by molar-refractivity contribution is 14.1. The Morgan fingerprint density at radius 3 is 2.79 bits per heavy atom. The van der Waals surface area contributed by atoms with Crippen LogP contribution in [0.1, 0.15) is 0 Å². The van der Waals surface area contributed by atoms with Gasteiger partial charge in [0.1, 0.15) is 0 Å². The van der Waals surface area contributed by atoms with Crippen LogP contribution in [0.5, 0.6) is 0 Å². The first kappa shape index (κ1) is 11.3. The summed E-state index contributed by atoms with van der Waals surface area (Å²) in [6.45, 7) is 1.55. The van der Waals surface area contributed by atoms with Crippen LogP contribution >= 0.6 is 22.6 Å². The molecule has 0 atom stereocenters. The molecule has 1 aromatic carbocycles. The normalized spacial score (nSPS) is 9.64. The van der Waals surface area contributed by atoms with E-state index in [1.54, 1.807) is 19.0 Å². The van der Waals surface area contributed by atoms with Gasteiger partial charge in [-0.2, -0.15) is 0 Å². The van der Waals surface area contributed by atoms with E-state index in [2.05, 4.69) is 5.23 Å². The Morgan fingerprint density at radius 1 is 1.64 bits per heavy atom. The first-order chi connectivity index (χ1) is 6.50. The SMILES string of the molecule is CB(O)Nc1ccc(I)c([N+](=O)[O-])c1. The first-order valence-corrected chi connectivity index (χ1v) is 4.97. The van der Waals surface area contributed by atoms with E-state index in [0.717, 1.165) is 0 Å². The predicted molar refractivity (Wildman–Crippen MR) is 63.3 cm³/mol. The van der Waals surface area contributed by atoms with Crippen molar-refractivity contribution < 1.29 is 9.95 Å². The molecule has 0 spiro atoms. The Labute approximate surface area is 94.9 Å². The molecule has 0 amide bonds. The summed E-state index contributed by atoms with van der Waals surface area (Å²) >= 11 is 1.89. The largest absolute Gasteiger partial charge is 0.433 e. The minimum atomic E-state index is -0.727. The number of nitro groups is 1. The lowest BCUT2D eigenvalue weighted by molar-refractivity contribution is -0.385. The van der Waals surface area contributed by atoms with Crippen molar-refractivity contribution in [1.29, 1.82) is 0 Å². The fourth-order valence-corrected chi connectivity index (χ4v) is 1.52. The average molecular weight is 306 g/mol. The molecule has 1 rings (SSSR count). The van der Waals surface area contributed by atoms with Crippen molar-refractivity contribution in [3.8, 4) is 0 Å². The lowest BCUT2D eigenvalue weighted by Crippen LogP contribution is -2.19. The molecule has 14 heavy (non-hydrogen) atoms. The molecule has 0 aliphatic carbocycles. The summed E-state index contributed by atoms with van der Waals surface area (Å²) in [5, 5.41) is 22.3. The molecule has 1 aromatic rings. The third-order valence-corrected chi connectivity index (χ3v) is 2.43. The van der Waals surface area contributed by atoms with E-state index in [0.29, 0.717) is 9.26 Å². The third-order valence-electron chi connectivity index (χ3n) is 1.52. The molecular weight excluding hydrogens is 298 g/mol. The van der Waals surface area contributed by atoms with Gasteiger partial charge in [0.05, 0.1) is 8.49 Å². The predicted octanol–water partition coefficient (Wildman–Crippen LogP) is 1.72. The molecule has 0 saturated carbocycles. The molecule has 2 N–H and O–H groups in total. The topological polar surface area (TPSA) is 75.4 Å². The molecular formula is C7H8BIN2O3. The Kier molecular flexibility index (Phi) is 3.70. The second kappa shape index (κ2) is 4.60. The number of benzene rings is 1. The van der Waals surface area contributed by atoms with E-state index in [4.69, 9.17) is 5.02 Å². The quantitative estimate of drug-likeness (QED) is 0.386. The maximum absolute atomic E-state index is 10.6. The van der Waals surface area contributed by atoms with Crippen molar-refractivity contribution in [1.82, 2.24) is 0 Å². The van der Waals surface area contributed by atoms with Crippen molar-refractivity contribution in [2.45, 2.75) is 6.82 Å². The number of hydrogen-bond acceptors (Lipinski definition) is 4. The van der Waals surface area contributed by atoms with E-state index in [1.807, 2.05) is 22.6 Å². The molecule has 7 heteroatoms. The zero-order valence-electron chi connectivity index (χ0n) is 7.40. The summed E-state index contributed by atoms with van der Waals surface area (Å²) in [7, 11) is -0.727. The van der Waals surface area contributed by atoms with Crippen LogP contribution < -0.4 is 5.23 Å². The minimum absolute atomic E-state index is 0.0382. The van der Waals surface area contributed by atoms with Crippen LogP contribution in [0, 0.1) is 13.7 Å². The van der Waals surface area contributed by atoms with Gasteiger partial charge < -0.3 is 10.3 Å². The highest BCUT2D eigenvalue weighted by Gasteiger charge is 2.13. The summed E-state index contributed by atoms with van der Waals surface area (Å²) in [6.07, 6.45) is 0. The van der Waals surface area contributed by atoms with Crippen LogP contribution in [-0.4, -0.2) is 17.0 Å². The molecule has 5 nitrogen and oxygen atoms in total. The summed E-state index contributed by atoms with van der Waals surface area (Å²) in [4.78, 5) is 10.1. The number of nitrogens with zero attached hydrogens (tertiary/aromatic N) is 1. The monoisotopic (exact) mass is 306 g/mol. The van der Waals surface area contributed by atoms with E-state index in [-0.39, 0.29) is 5.69 Å². The van der Waals surface area contributed by atoms with Gasteiger partial charge >= 0.3 is 7.05 Å². The van der Waals surface area contributed by atoms with Crippen LogP contribution in [-0.2, 0) is 0 Å². The summed E-state index contributed by atoms with van der Waals surface area (Å²) < 4.78 is 0.573. The Bertz CT molecular complexity index is 359. The van der Waals surface area contributed by atoms with Gasteiger partial charge in [-0.25, -0.2) is 0 Å². The molecule has 0 radical (unpaired) electrons. The van der Waals surface area contributed by atoms with Crippen LogP contribution in [0.15, 0.2) is 18.2 Å². The molecule has 0 aliphatic rings. The van der Waals surface area contributed by atoms with Gasteiger partial charge in [-0.05, 0) is 41.5 Å². The van der Waals surface area contributed by atoms with Gasteiger partial charge in [0.25, 0.3) is 5.69 Å². The summed E-state index contributed by atoms with van der Waals surface area (Å²) in [5.74, 6) is 0. The zero-order chi connectivity index (χ0) is 10.7. The van der Waals surface area contributed by atoms with Crippen molar-refractivity contribution in [2.24, 2.45) is 0 Å². The molecule has 0 bridgehead atoms. The van der Waals surface area contributed by atoms with Gasteiger partial charge in [0.2, 0.25) is 0 Å². The minimum Gasteiger partial charge on any atom is -0.433 e. The molecule has 0 unspecified atom stereocenters. The number of nitro benzene ring substituents is 1. The highest BCUT2D eigenvalue weighted by Crippen LogP contribution is 2.24. The number of nitrogens with one attached hydrogen (secondary N) is 1. The molecule has 0 heterocycles. The fraction of sp³-hybridized carbons (Fsp3) is 0.143. The average Bonchev–Trinajstić information content (AvgIpc) is 2.07. The number of rotatable bonds is 3. The van der Waals surface area contributed by atoms with Crippen molar-refractivity contribution in [3.05, 3.63) is 31.9 Å². The van der Waals surface area contributed by atoms with Crippen molar-refractivity contribution in [3.63, 3.8) is 0 Å². The number of anilines is 1. The second-order valence-corrected chi connectivity index (χ2v) is 3.91. The highest BCUT2D eigenvalue weighted by atomic mass is 127. The van der Waals surface area contributed by atoms with Crippen molar-refractivity contribution in [2.75, 3.05) is 5.23 Å². The Balaban J connectivity index is 3.00. The Hall–Kier alpha value is -0.825. The molecule has 74 valence electrons. The first-order valence-electron chi connectivity index (χ1n) is 3.89. The van der Waals surface area contributed by atoms with Crippen molar-refractivity contribution >= 4 is 41.0 Å². The zero-order valence-corrected chi connectivity index (χ0v) is 9.56. The van der Waals surface area contributed by atoms with Gasteiger partial charge in [0.15, 0.2) is 0 Å². The third kappa shape index (κ3) is 2.84. The number of halogens is 1.